The first-order valence-corrected chi connectivity index (χ1v) is 7.94. The number of benzene rings is 2. The van der Waals surface area contributed by atoms with Gasteiger partial charge in [-0.2, -0.15) is 0 Å². The molecule has 0 radical (unpaired) electrons. The molecule has 0 fully saturated rings. The predicted molar refractivity (Wildman–Crippen MR) is 97.3 cm³/mol. The van der Waals surface area contributed by atoms with E-state index in [0.717, 1.165) is 11.6 Å². The van der Waals surface area contributed by atoms with Gasteiger partial charge in [0.2, 0.25) is 0 Å². The molecular formula is C19H20N2O5. The zero-order chi connectivity index (χ0) is 19.5. The van der Waals surface area contributed by atoms with Gasteiger partial charge in [-0.3, -0.25) is 14.9 Å². The largest absolute Gasteiger partial charge is 0.454 e. The number of carbonyl (C=O) groups is 2. The van der Waals surface area contributed by atoms with Crippen molar-refractivity contribution in [2.24, 2.45) is 0 Å². The Bertz CT molecular complexity index is 851. The van der Waals surface area contributed by atoms with Gasteiger partial charge in [0.1, 0.15) is 0 Å². The van der Waals surface area contributed by atoms with E-state index >= 15 is 0 Å². The molecule has 0 aliphatic carbocycles. The number of esters is 1. The summed E-state index contributed by atoms with van der Waals surface area (Å²) in [7, 11) is 0. The Labute approximate surface area is 150 Å². The summed E-state index contributed by atoms with van der Waals surface area (Å²) < 4.78 is 4.97. The summed E-state index contributed by atoms with van der Waals surface area (Å²) >= 11 is 0. The smallest absolute Gasteiger partial charge is 0.340 e. The number of ketones is 1. The van der Waals surface area contributed by atoms with Crippen molar-refractivity contribution >= 4 is 23.1 Å². The van der Waals surface area contributed by atoms with Gasteiger partial charge in [0.05, 0.1) is 10.5 Å². The molecule has 0 saturated heterocycles. The molecule has 26 heavy (non-hydrogen) atoms. The van der Waals surface area contributed by atoms with Crippen LogP contribution < -0.4 is 5.73 Å². The molecule has 0 atom stereocenters. The van der Waals surface area contributed by atoms with E-state index in [2.05, 4.69) is 20.8 Å². The van der Waals surface area contributed by atoms with E-state index in [1.54, 1.807) is 12.1 Å². The first-order chi connectivity index (χ1) is 12.1. The highest BCUT2D eigenvalue weighted by Crippen LogP contribution is 2.23. The zero-order valence-electron chi connectivity index (χ0n) is 14.8. The Balaban J connectivity index is 2.06. The molecule has 2 rings (SSSR count). The van der Waals surface area contributed by atoms with Crippen LogP contribution in [0, 0.1) is 10.1 Å². The number of anilines is 1. The summed E-state index contributed by atoms with van der Waals surface area (Å²) in [5.74, 6) is -1.26. The van der Waals surface area contributed by atoms with Crippen LogP contribution >= 0.6 is 0 Å². The van der Waals surface area contributed by atoms with Gasteiger partial charge in [0.25, 0.3) is 5.69 Å². The third-order valence-electron chi connectivity index (χ3n) is 3.87. The van der Waals surface area contributed by atoms with Crippen molar-refractivity contribution in [1.82, 2.24) is 0 Å². The van der Waals surface area contributed by atoms with Gasteiger partial charge in [-0.15, -0.1) is 0 Å². The van der Waals surface area contributed by atoms with E-state index in [9.17, 15) is 19.7 Å². The molecule has 7 heteroatoms. The lowest BCUT2D eigenvalue weighted by Gasteiger charge is -2.18. The van der Waals surface area contributed by atoms with Crippen LogP contribution in [0.2, 0.25) is 0 Å². The fourth-order valence-corrected chi connectivity index (χ4v) is 2.28. The lowest BCUT2D eigenvalue weighted by atomic mass is 9.86. The summed E-state index contributed by atoms with van der Waals surface area (Å²) in [6.45, 7) is 5.72. The van der Waals surface area contributed by atoms with Gasteiger partial charge < -0.3 is 10.5 Å². The number of nitro benzene ring substituents is 1. The number of hydrogen-bond acceptors (Lipinski definition) is 6. The van der Waals surface area contributed by atoms with Crippen LogP contribution in [0.5, 0.6) is 0 Å². The van der Waals surface area contributed by atoms with E-state index in [0.29, 0.717) is 5.56 Å². The number of non-ortho nitro benzene ring substituents is 1. The minimum Gasteiger partial charge on any atom is -0.454 e. The Morgan fingerprint density at radius 1 is 1.12 bits per heavy atom. The second-order valence-electron chi connectivity index (χ2n) is 6.86. The highest BCUT2D eigenvalue weighted by molar-refractivity contribution is 6.01. The summed E-state index contributed by atoms with van der Waals surface area (Å²) in [5, 5.41) is 10.8. The number of nitrogens with zero attached hydrogens (tertiary/aromatic N) is 1. The van der Waals surface area contributed by atoms with Gasteiger partial charge in [-0.25, -0.2) is 4.79 Å². The van der Waals surface area contributed by atoms with Crippen molar-refractivity contribution < 1.29 is 19.2 Å². The Morgan fingerprint density at radius 3 is 2.27 bits per heavy atom. The third-order valence-corrected chi connectivity index (χ3v) is 3.87. The summed E-state index contributed by atoms with van der Waals surface area (Å²) in [6.07, 6.45) is 0. The van der Waals surface area contributed by atoms with Gasteiger partial charge in [0, 0.05) is 23.4 Å². The zero-order valence-corrected chi connectivity index (χ0v) is 14.8. The van der Waals surface area contributed by atoms with E-state index < -0.39 is 17.5 Å². The van der Waals surface area contributed by atoms with Crippen LogP contribution in [-0.4, -0.2) is 23.3 Å². The lowest BCUT2D eigenvalue weighted by molar-refractivity contribution is -0.384. The second kappa shape index (κ2) is 7.35. The number of hydrogen-bond donors (Lipinski definition) is 1. The van der Waals surface area contributed by atoms with Crippen molar-refractivity contribution in [2.45, 2.75) is 26.2 Å². The standard InChI is InChI=1S/C19H20N2O5/c1-19(2,3)13-6-4-12(5-7-13)17(22)11-26-18(23)15-10-14(21(24)25)8-9-16(15)20/h4-10H,11,20H2,1-3H3. The number of carbonyl (C=O) groups excluding carboxylic acids is 2. The number of nitro groups is 1. The molecule has 136 valence electrons. The highest BCUT2D eigenvalue weighted by Gasteiger charge is 2.19. The molecule has 0 aromatic heterocycles. The fraction of sp³-hybridized carbons (Fsp3) is 0.263. The molecule has 0 unspecified atom stereocenters. The topological polar surface area (TPSA) is 113 Å². The Kier molecular flexibility index (Phi) is 5.40. The first-order valence-electron chi connectivity index (χ1n) is 7.94. The third kappa shape index (κ3) is 4.44. The average Bonchev–Trinajstić information content (AvgIpc) is 2.58. The number of rotatable bonds is 5. The maximum atomic E-state index is 12.2. The molecule has 0 saturated carbocycles. The maximum Gasteiger partial charge on any atom is 0.340 e. The van der Waals surface area contributed by atoms with Crippen molar-refractivity contribution in [3.63, 3.8) is 0 Å². The van der Waals surface area contributed by atoms with Crippen LogP contribution in [0.15, 0.2) is 42.5 Å². The number of Topliss-reactive ketones (excluding diaryl/α,β-unsaturated/α-hetero) is 1. The molecule has 7 nitrogen and oxygen atoms in total. The summed E-state index contributed by atoms with van der Waals surface area (Å²) in [5.41, 5.74) is 6.74. The Hall–Kier alpha value is -3.22. The molecule has 2 aromatic rings. The molecule has 0 bridgehead atoms. The Morgan fingerprint density at radius 2 is 1.73 bits per heavy atom. The maximum absolute atomic E-state index is 12.2. The molecule has 0 aliphatic heterocycles. The SMILES string of the molecule is CC(C)(C)c1ccc(C(=O)COC(=O)c2cc([N+](=O)[O-])ccc2N)cc1. The van der Waals surface area contributed by atoms with Crippen molar-refractivity contribution in [1.29, 1.82) is 0 Å². The van der Waals surface area contributed by atoms with Crippen LogP contribution in [0.4, 0.5) is 11.4 Å². The second-order valence-corrected chi connectivity index (χ2v) is 6.86. The normalized spacial score (nSPS) is 11.0. The van der Waals surface area contributed by atoms with Crippen molar-refractivity contribution in [3.8, 4) is 0 Å². The molecule has 0 heterocycles. The number of nitrogens with two attached hydrogens (primary N) is 1. The van der Waals surface area contributed by atoms with E-state index in [-0.39, 0.29) is 28.1 Å². The molecule has 0 amide bonds. The van der Waals surface area contributed by atoms with Gasteiger partial charge >= 0.3 is 5.97 Å². The fourth-order valence-electron chi connectivity index (χ4n) is 2.28. The van der Waals surface area contributed by atoms with Gasteiger partial charge in [0.15, 0.2) is 12.4 Å². The lowest BCUT2D eigenvalue weighted by Crippen LogP contribution is -2.16. The average molecular weight is 356 g/mol. The van der Waals surface area contributed by atoms with E-state index in [1.807, 2.05) is 12.1 Å². The first kappa shape index (κ1) is 19.1. The molecule has 2 aromatic carbocycles. The summed E-state index contributed by atoms with van der Waals surface area (Å²) in [4.78, 5) is 34.4. The molecule has 0 spiro atoms. The molecular weight excluding hydrogens is 336 g/mol. The van der Waals surface area contributed by atoms with Crippen molar-refractivity contribution in [3.05, 3.63) is 69.3 Å². The van der Waals surface area contributed by atoms with Gasteiger partial charge in [-0.05, 0) is 17.0 Å². The molecule has 0 aliphatic rings. The highest BCUT2D eigenvalue weighted by atomic mass is 16.6. The molecule has 2 N–H and O–H groups in total. The van der Waals surface area contributed by atoms with Crippen LogP contribution in [-0.2, 0) is 10.2 Å². The number of ether oxygens (including phenoxy) is 1. The predicted octanol–water partition coefficient (Wildman–Crippen LogP) is 3.51. The quantitative estimate of drug-likeness (QED) is 0.288. The summed E-state index contributed by atoms with van der Waals surface area (Å²) in [6, 6.07) is 10.5. The van der Waals surface area contributed by atoms with Gasteiger partial charge in [-0.1, -0.05) is 45.0 Å². The van der Waals surface area contributed by atoms with Crippen LogP contribution in [0.1, 0.15) is 47.1 Å². The minimum atomic E-state index is -0.883. The van der Waals surface area contributed by atoms with Crippen LogP contribution in [0.25, 0.3) is 0 Å². The van der Waals surface area contributed by atoms with E-state index in [4.69, 9.17) is 10.5 Å². The monoisotopic (exact) mass is 356 g/mol. The van der Waals surface area contributed by atoms with E-state index in [1.165, 1.54) is 12.1 Å². The minimum absolute atomic E-state index is 0.0341. The van der Waals surface area contributed by atoms with Crippen LogP contribution in [0.3, 0.4) is 0 Å². The number of nitrogen functional groups attached to an aromatic ring is 1. The van der Waals surface area contributed by atoms with Crippen molar-refractivity contribution in [2.75, 3.05) is 12.3 Å².